The van der Waals surface area contributed by atoms with E-state index in [2.05, 4.69) is 5.32 Å². The summed E-state index contributed by atoms with van der Waals surface area (Å²) in [7, 11) is -3.56. The highest BCUT2D eigenvalue weighted by Gasteiger charge is 2.29. The van der Waals surface area contributed by atoms with E-state index in [0.29, 0.717) is 30.6 Å². The van der Waals surface area contributed by atoms with Gasteiger partial charge in [0.05, 0.1) is 10.9 Å². The van der Waals surface area contributed by atoms with Gasteiger partial charge in [-0.2, -0.15) is 4.31 Å². The quantitative estimate of drug-likeness (QED) is 0.915. The Bertz CT molecular complexity index is 684. The van der Waals surface area contributed by atoms with Gasteiger partial charge in [-0.25, -0.2) is 12.8 Å². The summed E-state index contributed by atoms with van der Waals surface area (Å²) < 4.78 is 39.5. The maximum atomic E-state index is 12.7. The molecule has 22 heavy (non-hydrogen) atoms. The summed E-state index contributed by atoms with van der Waals surface area (Å²) in [5, 5.41) is 2.56. The maximum absolute atomic E-state index is 12.7. The standard InChI is InChI=1S/C15H19FN2O3S/c16-10-12-8-11-4-5-13(9-14(11)15(19)17-12)22(20,21)18-6-2-1-3-7-18/h4-5,9,12H,1-3,6-8,10H2,(H,17,19). The molecule has 0 aliphatic carbocycles. The van der Waals surface area contributed by atoms with Crippen LogP contribution >= 0.6 is 0 Å². The highest BCUT2D eigenvalue weighted by atomic mass is 32.2. The van der Waals surface area contributed by atoms with Crippen LogP contribution in [0.2, 0.25) is 0 Å². The minimum absolute atomic E-state index is 0.141. The van der Waals surface area contributed by atoms with Crippen molar-refractivity contribution in [1.29, 1.82) is 0 Å². The molecule has 1 saturated heterocycles. The summed E-state index contributed by atoms with van der Waals surface area (Å²) >= 11 is 0. The molecule has 0 saturated carbocycles. The molecule has 1 aromatic carbocycles. The third-order valence-corrected chi connectivity index (χ3v) is 6.16. The van der Waals surface area contributed by atoms with Gasteiger partial charge in [0.15, 0.2) is 0 Å². The zero-order valence-electron chi connectivity index (χ0n) is 12.2. The maximum Gasteiger partial charge on any atom is 0.251 e. The molecule has 120 valence electrons. The Labute approximate surface area is 129 Å². The van der Waals surface area contributed by atoms with Crippen LogP contribution in [-0.4, -0.2) is 44.4 Å². The van der Waals surface area contributed by atoms with Crippen molar-refractivity contribution in [2.24, 2.45) is 0 Å². The Hall–Kier alpha value is -1.47. The zero-order chi connectivity index (χ0) is 15.7. The van der Waals surface area contributed by atoms with E-state index in [-0.39, 0.29) is 4.90 Å². The van der Waals surface area contributed by atoms with E-state index >= 15 is 0 Å². The van der Waals surface area contributed by atoms with Crippen LogP contribution in [0.4, 0.5) is 4.39 Å². The molecule has 5 nitrogen and oxygen atoms in total. The molecule has 1 fully saturated rings. The fourth-order valence-electron chi connectivity index (χ4n) is 3.03. The number of alkyl halides is 1. The lowest BCUT2D eigenvalue weighted by atomic mass is 9.96. The van der Waals surface area contributed by atoms with E-state index in [1.165, 1.54) is 16.4 Å². The molecular formula is C15H19FN2O3S. The number of fused-ring (bicyclic) bond motifs is 1. The first-order valence-corrected chi connectivity index (χ1v) is 8.96. The molecule has 0 radical (unpaired) electrons. The summed E-state index contributed by atoms with van der Waals surface area (Å²) in [5.41, 5.74) is 1.03. The monoisotopic (exact) mass is 326 g/mol. The average molecular weight is 326 g/mol. The molecular weight excluding hydrogens is 307 g/mol. The van der Waals surface area contributed by atoms with Crippen LogP contribution in [0.5, 0.6) is 0 Å². The van der Waals surface area contributed by atoms with Crippen LogP contribution in [0.15, 0.2) is 23.1 Å². The summed E-state index contributed by atoms with van der Waals surface area (Å²) in [6, 6.07) is 4.05. The first-order chi connectivity index (χ1) is 10.5. The lowest BCUT2D eigenvalue weighted by Gasteiger charge is -2.27. The van der Waals surface area contributed by atoms with Crippen LogP contribution in [0.25, 0.3) is 0 Å². The van der Waals surface area contributed by atoms with Gasteiger partial charge in [-0.05, 0) is 37.0 Å². The number of nitrogens with zero attached hydrogens (tertiary/aromatic N) is 1. The van der Waals surface area contributed by atoms with Gasteiger partial charge >= 0.3 is 0 Å². The first kappa shape index (κ1) is 15.4. The lowest BCUT2D eigenvalue weighted by molar-refractivity contribution is 0.0917. The van der Waals surface area contributed by atoms with E-state index in [1.54, 1.807) is 6.07 Å². The Morgan fingerprint density at radius 1 is 1.23 bits per heavy atom. The van der Waals surface area contributed by atoms with Gasteiger partial charge in [0.2, 0.25) is 10.0 Å². The van der Waals surface area contributed by atoms with Crippen molar-refractivity contribution in [1.82, 2.24) is 9.62 Å². The van der Waals surface area contributed by atoms with Crippen molar-refractivity contribution in [3.8, 4) is 0 Å². The fraction of sp³-hybridized carbons (Fsp3) is 0.533. The number of amides is 1. The van der Waals surface area contributed by atoms with Gasteiger partial charge in [-0.15, -0.1) is 0 Å². The largest absolute Gasteiger partial charge is 0.346 e. The number of piperidine rings is 1. The molecule has 7 heteroatoms. The van der Waals surface area contributed by atoms with E-state index in [0.717, 1.165) is 19.3 Å². The van der Waals surface area contributed by atoms with Crippen LogP contribution in [0, 0.1) is 0 Å². The van der Waals surface area contributed by atoms with E-state index in [1.807, 2.05) is 0 Å². The molecule has 3 rings (SSSR count). The number of sulfonamides is 1. The number of hydrogen-bond donors (Lipinski definition) is 1. The molecule has 0 aromatic heterocycles. The zero-order valence-corrected chi connectivity index (χ0v) is 13.0. The minimum Gasteiger partial charge on any atom is -0.346 e. The molecule has 1 atom stereocenters. The minimum atomic E-state index is -3.56. The molecule has 2 aliphatic heterocycles. The Morgan fingerprint density at radius 2 is 1.95 bits per heavy atom. The van der Waals surface area contributed by atoms with E-state index in [9.17, 15) is 17.6 Å². The lowest BCUT2D eigenvalue weighted by Crippen LogP contribution is -2.43. The smallest absolute Gasteiger partial charge is 0.251 e. The van der Waals surface area contributed by atoms with Crippen molar-refractivity contribution >= 4 is 15.9 Å². The topological polar surface area (TPSA) is 66.5 Å². The number of nitrogens with one attached hydrogen (secondary N) is 1. The van der Waals surface area contributed by atoms with Gasteiger partial charge in [0.1, 0.15) is 6.67 Å². The number of benzene rings is 1. The summed E-state index contributed by atoms with van der Waals surface area (Å²) in [5.74, 6) is -0.403. The Balaban J connectivity index is 1.93. The van der Waals surface area contributed by atoms with Crippen molar-refractivity contribution < 1.29 is 17.6 Å². The number of carbonyl (C=O) groups is 1. The fourth-order valence-corrected chi connectivity index (χ4v) is 4.58. The second-order valence-electron chi connectivity index (χ2n) is 5.81. The average Bonchev–Trinajstić information content (AvgIpc) is 2.55. The van der Waals surface area contributed by atoms with E-state index in [4.69, 9.17) is 0 Å². The highest BCUT2D eigenvalue weighted by Crippen LogP contribution is 2.25. The second kappa shape index (κ2) is 5.96. The molecule has 1 N–H and O–H groups in total. The summed E-state index contributed by atoms with van der Waals surface area (Å²) in [6.07, 6.45) is 3.16. The number of rotatable bonds is 3. The Kier molecular flexibility index (Phi) is 4.18. The van der Waals surface area contributed by atoms with Crippen LogP contribution in [-0.2, 0) is 16.4 Å². The molecule has 1 unspecified atom stereocenters. The number of carbonyl (C=O) groups excluding carboxylic acids is 1. The normalized spacial score (nSPS) is 23.0. The van der Waals surface area contributed by atoms with Crippen LogP contribution < -0.4 is 5.32 Å². The predicted molar refractivity (Wildman–Crippen MR) is 80.0 cm³/mol. The first-order valence-electron chi connectivity index (χ1n) is 7.52. The van der Waals surface area contributed by atoms with Crippen molar-refractivity contribution in [3.05, 3.63) is 29.3 Å². The SMILES string of the molecule is O=C1NC(CF)Cc2ccc(S(=O)(=O)N3CCCCC3)cc21. The van der Waals surface area contributed by atoms with Gasteiger partial charge in [0, 0.05) is 18.7 Å². The number of hydrogen-bond acceptors (Lipinski definition) is 3. The van der Waals surface area contributed by atoms with Crippen LogP contribution in [0.1, 0.15) is 35.2 Å². The highest BCUT2D eigenvalue weighted by molar-refractivity contribution is 7.89. The molecule has 1 amide bonds. The van der Waals surface area contributed by atoms with Gasteiger partial charge in [-0.1, -0.05) is 12.5 Å². The summed E-state index contributed by atoms with van der Waals surface area (Å²) in [4.78, 5) is 12.2. The van der Waals surface area contributed by atoms with Gasteiger partial charge < -0.3 is 5.32 Å². The molecule has 0 bridgehead atoms. The van der Waals surface area contributed by atoms with Crippen molar-refractivity contribution in [2.45, 2.75) is 36.6 Å². The second-order valence-corrected chi connectivity index (χ2v) is 7.75. The van der Waals surface area contributed by atoms with Crippen LogP contribution in [0.3, 0.4) is 0 Å². The summed E-state index contributed by atoms with van der Waals surface area (Å²) in [6.45, 7) is 0.421. The Morgan fingerprint density at radius 3 is 2.64 bits per heavy atom. The number of halogens is 1. The van der Waals surface area contributed by atoms with Crippen molar-refractivity contribution in [3.63, 3.8) is 0 Å². The third kappa shape index (κ3) is 2.75. The third-order valence-electron chi connectivity index (χ3n) is 4.27. The van der Waals surface area contributed by atoms with E-state index < -0.39 is 28.6 Å². The van der Waals surface area contributed by atoms with Crippen molar-refractivity contribution in [2.75, 3.05) is 19.8 Å². The van der Waals surface area contributed by atoms with Gasteiger partial charge in [0.25, 0.3) is 5.91 Å². The molecule has 0 spiro atoms. The molecule has 1 aromatic rings. The van der Waals surface area contributed by atoms with Gasteiger partial charge in [-0.3, -0.25) is 4.79 Å². The predicted octanol–water partition coefficient (Wildman–Crippen LogP) is 1.49. The molecule has 2 heterocycles. The molecule has 2 aliphatic rings.